The fourth-order valence-electron chi connectivity index (χ4n) is 3.63. The van der Waals surface area contributed by atoms with Crippen LogP contribution >= 0.6 is 0 Å². The van der Waals surface area contributed by atoms with Gasteiger partial charge >= 0.3 is 0 Å². The number of aromatic nitrogens is 1. The highest BCUT2D eigenvalue weighted by molar-refractivity contribution is 6.02. The van der Waals surface area contributed by atoms with Crippen LogP contribution in [0.15, 0.2) is 35.1 Å². The molecule has 0 spiro atoms. The standard InChI is InChI=1S/C23H27N3O2/c1-15-12-17(3)19(13-16(15)2)24-22(27)14-18(4)26-21-8-6-7-11-25(5)20(21)9-10-23(26)28/h8-10,12-14H,6-7,11H2,1-5H3/p+1/b18-14+. The van der Waals surface area contributed by atoms with E-state index in [0.717, 1.165) is 46.9 Å². The Bertz CT molecular complexity index is 1150. The molecule has 0 fully saturated rings. The fraction of sp³-hybridized carbons (Fsp3) is 0.348. The summed E-state index contributed by atoms with van der Waals surface area (Å²) in [5.41, 5.74) is 4.61. The Morgan fingerprint density at radius 3 is 2.61 bits per heavy atom. The quantitative estimate of drug-likeness (QED) is 0.656. The van der Waals surface area contributed by atoms with Gasteiger partial charge in [-0.25, -0.2) is 4.58 Å². The van der Waals surface area contributed by atoms with Crippen LogP contribution in [0.2, 0.25) is 0 Å². The fourth-order valence-corrected chi connectivity index (χ4v) is 3.63. The molecule has 3 rings (SSSR count). The second kappa shape index (κ2) is 7.97. The lowest BCUT2D eigenvalue weighted by Gasteiger charge is -2.11. The second-order valence-corrected chi connectivity index (χ2v) is 7.57. The van der Waals surface area contributed by atoms with Crippen molar-refractivity contribution in [3.8, 4) is 0 Å². The molecule has 0 unspecified atom stereocenters. The summed E-state index contributed by atoms with van der Waals surface area (Å²) in [7, 11) is 2.03. The summed E-state index contributed by atoms with van der Waals surface area (Å²) in [5, 5.41) is 4.82. The maximum Gasteiger partial charge on any atom is 0.255 e. The van der Waals surface area contributed by atoms with Gasteiger partial charge in [0.05, 0.1) is 0 Å². The minimum absolute atomic E-state index is 0.130. The second-order valence-electron chi connectivity index (χ2n) is 7.57. The van der Waals surface area contributed by atoms with Crippen molar-refractivity contribution in [3.63, 3.8) is 0 Å². The van der Waals surface area contributed by atoms with E-state index in [1.807, 2.05) is 33.0 Å². The largest absolute Gasteiger partial charge is 0.322 e. The van der Waals surface area contributed by atoms with Gasteiger partial charge in [-0.15, -0.1) is 0 Å². The zero-order chi connectivity index (χ0) is 20.4. The predicted octanol–water partition coefficient (Wildman–Crippen LogP) is 1.97. The van der Waals surface area contributed by atoms with Crippen molar-refractivity contribution >= 4 is 23.4 Å². The molecule has 146 valence electrons. The molecule has 1 aromatic carbocycles. The van der Waals surface area contributed by atoms with Gasteiger partial charge in [-0.05, 0) is 56.9 Å². The molecule has 0 saturated heterocycles. The van der Waals surface area contributed by atoms with Crippen molar-refractivity contribution in [2.45, 2.75) is 40.5 Å². The Hall–Kier alpha value is -2.95. The molecule has 1 aromatic heterocycles. The average Bonchev–Trinajstić information content (AvgIpc) is 2.80. The van der Waals surface area contributed by atoms with Gasteiger partial charge in [0.15, 0.2) is 0 Å². The van der Waals surface area contributed by atoms with Crippen LogP contribution in [0.4, 0.5) is 5.69 Å². The Labute approximate surface area is 165 Å². The first kappa shape index (κ1) is 19.8. The first-order valence-corrected chi connectivity index (χ1v) is 9.66. The van der Waals surface area contributed by atoms with E-state index >= 15 is 0 Å². The lowest BCUT2D eigenvalue weighted by molar-refractivity contribution is -0.111. The van der Waals surface area contributed by atoms with Crippen LogP contribution in [0, 0.1) is 20.8 Å². The molecule has 0 aliphatic carbocycles. The normalized spacial score (nSPS) is 14.2. The van der Waals surface area contributed by atoms with Gasteiger partial charge in [0.25, 0.3) is 5.56 Å². The van der Waals surface area contributed by atoms with Gasteiger partial charge in [0.2, 0.25) is 11.3 Å². The minimum Gasteiger partial charge on any atom is -0.322 e. The molecule has 1 aliphatic rings. The van der Waals surface area contributed by atoms with E-state index in [-0.39, 0.29) is 11.5 Å². The van der Waals surface area contributed by atoms with Crippen LogP contribution in [-0.2, 0) is 4.79 Å². The van der Waals surface area contributed by atoms with E-state index in [1.54, 1.807) is 17.6 Å². The molecule has 5 heteroatoms. The summed E-state index contributed by atoms with van der Waals surface area (Å²) in [6.07, 6.45) is 5.52. The van der Waals surface area contributed by atoms with Crippen LogP contribution in [0.3, 0.4) is 0 Å². The predicted molar refractivity (Wildman–Crippen MR) is 115 cm³/mol. The van der Waals surface area contributed by atoms with Crippen LogP contribution in [0.25, 0.3) is 11.8 Å². The third-order valence-electron chi connectivity index (χ3n) is 5.35. The van der Waals surface area contributed by atoms with Crippen LogP contribution in [-0.4, -0.2) is 24.1 Å². The molecule has 0 atom stereocenters. The number of hydrogen-bond acceptors (Lipinski definition) is 2. The smallest absolute Gasteiger partial charge is 0.255 e. The van der Waals surface area contributed by atoms with E-state index in [4.69, 9.17) is 0 Å². The molecule has 1 amide bonds. The Morgan fingerprint density at radius 1 is 1.14 bits per heavy atom. The summed E-state index contributed by atoms with van der Waals surface area (Å²) in [6, 6.07) is 7.47. The van der Waals surface area contributed by atoms with E-state index in [2.05, 4.69) is 29.0 Å². The van der Waals surface area contributed by atoms with Crippen molar-refractivity contribution in [2.75, 3.05) is 18.9 Å². The summed E-state index contributed by atoms with van der Waals surface area (Å²) in [5.74, 6) is -0.240. The molecular weight excluding hydrogens is 350 g/mol. The number of carbonyl (C=O) groups is 1. The van der Waals surface area contributed by atoms with Crippen molar-refractivity contribution in [1.29, 1.82) is 0 Å². The molecule has 2 heterocycles. The molecule has 1 N–H and O–H groups in total. The maximum atomic E-state index is 12.6. The molecule has 1 aliphatic heterocycles. The monoisotopic (exact) mass is 378 g/mol. The van der Waals surface area contributed by atoms with Crippen molar-refractivity contribution < 1.29 is 4.79 Å². The SMILES string of the molecule is C/C(=C\C(=O)Nc1cc(C)c(C)cc1C)n1c(=O)ccc2c1=CCCC[N+]=2C. The number of fused-ring (bicyclic) bond motifs is 1. The third-order valence-corrected chi connectivity index (χ3v) is 5.35. The van der Waals surface area contributed by atoms with Gasteiger partial charge < -0.3 is 5.32 Å². The van der Waals surface area contributed by atoms with Gasteiger partial charge in [0, 0.05) is 36.0 Å². The number of benzene rings is 1. The van der Waals surface area contributed by atoms with Gasteiger partial charge in [-0.3, -0.25) is 14.2 Å². The molecule has 0 bridgehead atoms. The topological polar surface area (TPSA) is 54.1 Å². The number of anilines is 1. The molecule has 2 aromatic rings. The number of rotatable bonds is 3. The number of pyridine rings is 1. The Kier molecular flexibility index (Phi) is 5.63. The molecule has 28 heavy (non-hydrogen) atoms. The van der Waals surface area contributed by atoms with Gasteiger partial charge in [-0.1, -0.05) is 12.1 Å². The lowest BCUT2D eigenvalue weighted by Crippen LogP contribution is -2.47. The van der Waals surface area contributed by atoms with Gasteiger partial charge in [-0.2, -0.15) is 0 Å². The van der Waals surface area contributed by atoms with E-state index in [9.17, 15) is 9.59 Å². The average molecular weight is 378 g/mol. The number of amides is 1. The zero-order valence-electron chi connectivity index (χ0n) is 17.3. The van der Waals surface area contributed by atoms with Gasteiger partial charge in [0.1, 0.15) is 18.9 Å². The number of hydrogen-bond donors (Lipinski definition) is 1. The highest BCUT2D eigenvalue weighted by Crippen LogP contribution is 2.20. The third kappa shape index (κ3) is 3.98. The lowest BCUT2D eigenvalue weighted by atomic mass is 10.0. The van der Waals surface area contributed by atoms with Crippen molar-refractivity contribution in [3.05, 3.63) is 68.1 Å². The van der Waals surface area contributed by atoms with Crippen molar-refractivity contribution in [1.82, 2.24) is 9.14 Å². The number of nitrogens with one attached hydrogen (secondary N) is 1. The minimum atomic E-state index is -0.240. The van der Waals surface area contributed by atoms with E-state index in [1.165, 1.54) is 11.6 Å². The first-order valence-electron chi connectivity index (χ1n) is 9.66. The highest BCUT2D eigenvalue weighted by atomic mass is 16.1. The summed E-state index contributed by atoms with van der Waals surface area (Å²) in [6.45, 7) is 8.80. The zero-order valence-corrected chi connectivity index (χ0v) is 17.3. The van der Waals surface area contributed by atoms with Crippen molar-refractivity contribution in [2.24, 2.45) is 0 Å². The van der Waals surface area contributed by atoms with Crippen LogP contribution < -0.4 is 26.2 Å². The molecule has 0 radical (unpaired) electrons. The first-order chi connectivity index (χ1) is 13.3. The number of carbonyl (C=O) groups excluding carboxylic acids is 1. The molecule has 5 nitrogen and oxygen atoms in total. The van der Waals surface area contributed by atoms with E-state index in [0.29, 0.717) is 5.70 Å². The number of allylic oxidation sites excluding steroid dienone is 1. The highest BCUT2D eigenvalue weighted by Gasteiger charge is 2.12. The Balaban J connectivity index is 2.02. The van der Waals surface area contributed by atoms with E-state index < -0.39 is 0 Å². The number of nitrogens with zero attached hydrogens (tertiary/aromatic N) is 2. The summed E-state index contributed by atoms with van der Waals surface area (Å²) in [4.78, 5) is 25.2. The molecular formula is C23H28N3O2+. The molecule has 0 saturated carbocycles. The summed E-state index contributed by atoms with van der Waals surface area (Å²) < 4.78 is 3.78. The Morgan fingerprint density at radius 2 is 1.86 bits per heavy atom. The maximum absolute atomic E-state index is 12.6. The number of aryl methyl sites for hydroxylation is 3. The van der Waals surface area contributed by atoms with Crippen LogP contribution in [0.5, 0.6) is 0 Å². The van der Waals surface area contributed by atoms with Crippen LogP contribution in [0.1, 0.15) is 36.5 Å². The summed E-state index contributed by atoms with van der Waals surface area (Å²) >= 11 is 0.